The number of aromatic nitrogens is 2. The van der Waals surface area contributed by atoms with Crippen molar-refractivity contribution in [2.24, 2.45) is 0 Å². The van der Waals surface area contributed by atoms with E-state index in [-0.39, 0.29) is 6.04 Å². The van der Waals surface area contributed by atoms with Gasteiger partial charge in [0.1, 0.15) is 17.9 Å². The zero-order valence-electron chi connectivity index (χ0n) is 17.5. The summed E-state index contributed by atoms with van der Waals surface area (Å²) in [6.45, 7) is 6.18. The standard InChI is InChI=1S/C22H26N4O3S/c1-5-29-21-12-7-6-11-19(21)20-14-22(24-15-23-20)25-17-9-8-10-18(13-17)26(16(2)3)30(4,27)28/h6-16H,5H2,1-4H3,(H,23,24,25). The number of nitrogens with one attached hydrogen (secondary N) is 1. The van der Waals surface area contributed by atoms with Crippen LogP contribution in [0.1, 0.15) is 20.8 Å². The van der Waals surface area contributed by atoms with Gasteiger partial charge in [0.15, 0.2) is 0 Å². The number of sulfonamides is 1. The Morgan fingerprint density at radius 3 is 2.53 bits per heavy atom. The van der Waals surface area contributed by atoms with Crippen LogP contribution in [0.4, 0.5) is 17.2 Å². The molecule has 0 atom stereocenters. The Kier molecular flexibility index (Phi) is 6.56. The number of nitrogens with zero attached hydrogens (tertiary/aromatic N) is 3. The lowest BCUT2D eigenvalue weighted by molar-refractivity contribution is 0.341. The van der Waals surface area contributed by atoms with E-state index in [1.807, 2.05) is 63.2 Å². The van der Waals surface area contributed by atoms with Crippen LogP contribution in [-0.2, 0) is 10.0 Å². The zero-order chi connectivity index (χ0) is 21.7. The molecule has 0 bridgehead atoms. The van der Waals surface area contributed by atoms with Crippen LogP contribution in [0.3, 0.4) is 0 Å². The third kappa shape index (κ3) is 5.07. The molecule has 0 spiro atoms. The average Bonchev–Trinajstić information content (AvgIpc) is 2.68. The van der Waals surface area contributed by atoms with Gasteiger partial charge in [-0.05, 0) is 51.1 Å². The van der Waals surface area contributed by atoms with E-state index in [0.717, 1.165) is 22.7 Å². The predicted octanol–water partition coefficient (Wildman–Crippen LogP) is 4.46. The highest BCUT2D eigenvalue weighted by atomic mass is 32.2. The summed E-state index contributed by atoms with van der Waals surface area (Å²) in [6, 6.07) is 16.6. The molecule has 158 valence electrons. The molecule has 0 saturated carbocycles. The molecule has 1 heterocycles. The molecule has 3 aromatic rings. The summed E-state index contributed by atoms with van der Waals surface area (Å²) in [4.78, 5) is 8.68. The van der Waals surface area contributed by atoms with Crippen molar-refractivity contribution in [2.75, 3.05) is 22.5 Å². The van der Waals surface area contributed by atoms with Crippen molar-refractivity contribution in [2.45, 2.75) is 26.8 Å². The van der Waals surface area contributed by atoms with Crippen LogP contribution in [0.25, 0.3) is 11.3 Å². The van der Waals surface area contributed by atoms with Gasteiger partial charge in [0.05, 0.1) is 24.2 Å². The topological polar surface area (TPSA) is 84.4 Å². The molecular weight excluding hydrogens is 400 g/mol. The number of benzene rings is 2. The van der Waals surface area contributed by atoms with E-state index >= 15 is 0 Å². The summed E-state index contributed by atoms with van der Waals surface area (Å²) in [5.41, 5.74) is 2.92. The molecule has 0 aliphatic carbocycles. The van der Waals surface area contributed by atoms with E-state index in [1.54, 1.807) is 12.1 Å². The predicted molar refractivity (Wildman–Crippen MR) is 121 cm³/mol. The number of rotatable bonds is 8. The van der Waals surface area contributed by atoms with Crippen LogP contribution in [-0.4, -0.2) is 37.3 Å². The van der Waals surface area contributed by atoms with E-state index in [1.165, 1.54) is 16.9 Å². The molecule has 8 heteroatoms. The quantitative estimate of drug-likeness (QED) is 0.572. The van der Waals surface area contributed by atoms with Crippen molar-refractivity contribution in [3.05, 3.63) is 60.9 Å². The smallest absolute Gasteiger partial charge is 0.232 e. The van der Waals surface area contributed by atoms with Gasteiger partial charge in [0, 0.05) is 23.4 Å². The summed E-state index contributed by atoms with van der Waals surface area (Å²) in [6.07, 6.45) is 2.70. The minimum absolute atomic E-state index is 0.198. The first kappa shape index (κ1) is 21.6. The summed E-state index contributed by atoms with van der Waals surface area (Å²) in [7, 11) is -3.39. The van der Waals surface area contributed by atoms with Crippen molar-refractivity contribution in [3.8, 4) is 17.0 Å². The molecule has 1 N–H and O–H groups in total. The van der Waals surface area contributed by atoms with E-state index < -0.39 is 10.0 Å². The second-order valence-corrected chi connectivity index (χ2v) is 8.90. The van der Waals surface area contributed by atoms with Gasteiger partial charge < -0.3 is 10.1 Å². The molecule has 2 aromatic carbocycles. The highest BCUT2D eigenvalue weighted by molar-refractivity contribution is 7.92. The van der Waals surface area contributed by atoms with Crippen molar-refractivity contribution in [1.82, 2.24) is 9.97 Å². The second-order valence-electron chi connectivity index (χ2n) is 7.05. The highest BCUT2D eigenvalue weighted by Crippen LogP contribution is 2.30. The average molecular weight is 427 g/mol. The Bertz CT molecular complexity index is 1120. The maximum absolute atomic E-state index is 12.2. The number of para-hydroxylation sites is 1. The maximum atomic E-state index is 12.2. The highest BCUT2D eigenvalue weighted by Gasteiger charge is 2.21. The molecule has 0 fully saturated rings. The third-order valence-electron chi connectivity index (χ3n) is 4.33. The Hall–Kier alpha value is -3.13. The molecule has 30 heavy (non-hydrogen) atoms. The minimum Gasteiger partial charge on any atom is -0.493 e. The Morgan fingerprint density at radius 1 is 1.07 bits per heavy atom. The van der Waals surface area contributed by atoms with Gasteiger partial charge in [-0.15, -0.1) is 0 Å². The first-order valence-electron chi connectivity index (χ1n) is 9.70. The fourth-order valence-electron chi connectivity index (χ4n) is 3.27. The molecule has 1 aromatic heterocycles. The molecule has 7 nitrogen and oxygen atoms in total. The minimum atomic E-state index is -3.39. The molecule has 0 amide bonds. The fraction of sp³-hybridized carbons (Fsp3) is 0.273. The molecule has 0 radical (unpaired) electrons. The van der Waals surface area contributed by atoms with Gasteiger partial charge in [0.2, 0.25) is 10.0 Å². The third-order valence-corrected chi connectivity index (χ3v) is 5.68. The Labute approximate surface area is 177 Å². The lowest BCUT2D eigenvalue weighted by Gasteiger charge is -2.26. The van der Waals surface area contributed by atoms with Gasteiger partial charge in [-0.2, -0.15) is 0 Å². The molecule has 3 rings (SSSR count). The normalized spacial score (nSPS) is 11.4. The fourth-order valence-corrected chi connectivity index (χ4v) is 4.54. The van der Waals surface area contributed by atoms with Crippen molar-refractivity contribution < 1.29 is 13.2 Å². The molecule has 0 aliphatic heterocycles. The van der Waals surface area contributed by atoms with Gasteiger partial charge in [-0.1, -0.05) is 18.2 Å². The zero-order valence-corrected chi connectivity index (χ0v) is 18.3. The van der Waals surface area contributed by atoms with Gasteiger partial charge in [-0.3, -0.25) is 4.31 Å². The monoisotopic (exact) mass is 426 g/mol. The molecule has 0 unspecified atom stereocenters. The van der Waals surface area contributed by atoms with E-state index in [2.05, 4.69) is 15.3 Å². The van der Waals surface area contributed by atoms with Gasteiger partial charge >= 0.3 is 0 Å². The molecule has 0 saturated heterocycles. The number of hydrogen-bond donors (Lipinski definition) is 1. The van der Waals surface area contributed by atoms with Crippen LogP contribution in [0.2, 0.25) is 0 Å². The van der Waals surface area contributed by atoms with E-state index in [0.29, 0.717) is 18.1 Å². The SMILES string of the molecule is CCOc1ccccc1-c1cc(Nc2cccc(N(C(C)C)S(C)(=O)=O)c2)ncn1. The van der Waals surface area contributed by atoms with Crippen LogP contribution in [0.5, 0.6) is 5.75 Å². The molecular formula is C22H26N4O3S. The largest absolute Gasteiger partial charge is 0.493 e. The second kappa shape index (κ2) is 9.13. The van der Waals surface area contributed by atoms with Crippen LogP contribution in [0, 0.1) is 0 Å². The summed E-state index contributed by atoms with van der Waals surface area (Å²) in [5.74, 6) is 1.35. The Balaban J connectivity index is 1.91. The van der Waals surface area contributed by atoms with Crippen LogP contribution < -0.4 is 14.4 Å². The van der Waals surface area contributed by atoms with Gasteiger partial charge in [0.25, 0.3) is 0 Å². The number of ether oxygens (including phenoxy) is 1. The van der Waals surface area contributed by atoms with E-state index in [4.69, 9.17) is 4.74 Å². The summed E-state index contributed by atoms with van der Waals surface area (Å²) in [5, 5.41) is 3.24. The Morgan fingerprint density at radius 2 is 1.83 bits per heavy atom. The van der Waals surface area contributed by atoms with E-state index in [9.17, 15) is 8.42 Å². The number of anilines is 3. The lowest BCUT2D eigenvalue weighted by atomic mass is 10.1. The van der Waals surface area contributed by atoms with Crippen molar-refractivity contribution in [1.29, 1.82) is 0 Å². The first-order valence-corrected chi connectivity index (χ1v) is 11.5. The summed E-state index contributed by atoms with van der Waals surface area (Å²) >= 11 is 0. The number of hydrogen-bond acceptors (Lipinski definition) is 6. The lowest BCUT2D eigenvalue weighted by Crippen LogP contribution is -2.36. The maximum Gasteiger partial charge on any atom is 0.232 e. The van der Waals surface area contributed by atoms with Crippen molar-refractivity contribution in [3.63, 3.8) is 0 Å². The van der Waals surface area contributed by atoms with Crippen LogP contribution >= 0.6 is 0 Å². The van der Waals surface area contributed by atoms with Crippen LogP contribution in [0.15, 0.2) is 60.9 Å². The molecule has 0 aliphatic rings. The van der Waals surface area contributed by atoms with Crippen molar-refractivity contribution >= 4 is 27.2 Å². The van der Waals surface area contributed by atoms with Gasteiger partial charge in [-0.25, -0.2) is 18.4 Å². The summed E-state index contributed by atoms with van der Waals surface area (Å²) < 4.78 is 31.5. The first-order chi connectivity index (χ1) is 14.3.